The van der Waals surface area contributed by atoms with Gasteiger partial charge in [-0.1, -0.05) is 388 Å². The molecule has 0 spiro atoms. The molecule has 4 heterocycles. The number of hydrogen-bond acceptors (Lipinski definition) is 13. The van der Waals surface area contributed by atoms with Crippen molar-refractivity contribution >= 4 is 172 Å². The number of rotatable bonds is 12. The third-order valence-corrected chi connectivity index (χ3v) is 29.5. The summed E-state index contributed by atoms with van der Waals surface area (Å²) >= 11 is 22.0. The van der Waals surface area contributed by atoms with Crippen molar-refractivity contribution in [1.82, 2.24) is 24.9 Å². The molecule has 1 fully saturated rings. The molecule has 6 N–H and O–H groups in total. The van der Waals surface area contributed by atoms with E-state index in [9.17, 15) is 9.59 Å². The van der Waals surface area contributed by atoms with Crippen molar-refractivity contribution in [2.24, 2.45) is 0 Å². The number of nitrogens with two attached hydrogens (primary N) is 2. The van der Waals surface area contributed by atoms with Gasteiger partial charge in [0.05, 0.1) is 33.6 Å². The lowest BCUT2D eigenvalue weighted by Gasteiger charge is -2.32. The highest BCUT2D eigenvalue weighted by Gasteiger charge is 2.52. The Morgan fingerprint density at radius 2 is 0.733 bits per heavy atom. The summed E-state index contributed by atoms with van der Waals surface area (Å²) in [6, 6.07) is 134. The van der Waals surface area contributed by atoms with Gasteiger partial charge in [0.2, 0.25) is 4.73 Å². The molecule has 1 aliphatic heterocycles. The van der Waals surface area contributed by atoms with Crippen LogP contribution in [0.5, 0.6) is 0 Å². The monoisotopic (exact) mass is 2250 g/mol. The zero-order chi connectivity index (χ0) is 102. The lowest BCUT2D eigenvalue weighted by atomic mass is 9.76. The van der Waals surface area contributed by atoms with E-state index in [1.54, 1.807) is 24.3 Å². The van der Waals surface area contributed by atoms with E-state index in [4.69, 9.17) is 52.4 Å². The number of para-hydroxylation sites is 4. The molecule has 3 aromatic heterocycles. The quantitative estimate of drug-likeness (QED) is 0.0389. The Morgan fingerprint density at radius 3 is 1.19 bits per heavy atom. The lowest BCUT2D eigenvalue weighted by molar-refractivity contribution is 0.00578. The summed E-state index contributed by atoms with van der Waals surface area (Å²) in [6.07, 6.45) is 11.5. The summed E-state index contributed by atoms with van der Waals surface area (Å²) in [5.41, 5.74) is 48.1. The van der Waals surface area contributed by atoms with Gasteiger partial charge in [-0.2, -0.15) is 0 Å². The first-order valence-electron chi connectivity index (χ1n) is 48.0. The average Bonchev–Trinajstić information content (AvgIpc) is 1.58. The number of fused-ring (bicyclic) bond motifs is 13. The van der Waals surface area contributed by atoms with Crippen LogP contribution in [0, 0.1) is 0 Å². The molecule has 25 rings (SSSR count). The van der Waals surface area contributed by atoms with Gasteiger partial charge in [0.1, 0.15) is 0 Å². The summed E-state index contributed by atoms with van der Waals surface area (Å²) in [4.78, 5) is 46.5. The minimum atomic E-state index is -1.34. The molecule has 0 unspecified atom stereocenters. The van der Waals surface area contributed by atoms with Crippen LogP contribution in [-0.4, -0.2) is 71.4 Å². The Kier molecular flexibility index (Phi) is 32.7. The maximum Gasteiger partial charge on any atom is 0.494 e. The number of aromatic nitrogens is 5. The molecule has 21 heteroatoms. The Bertz CT molecular complexity index is 8030. The lowest BCUT2D eigenvalue weighted by Crippen LogP contribution is -2.41. The molecule has 16 aromatic carbocycles. The highest BCUT2D eigenvalue weighted by Crippen LogP contribution is 2.48. The number of anilines is 2. The summed E-state index contributed by atoms with van der Waals surface area (Å²) in [5.74, 6) is 1.48. The summed E-state index contributed by atoms with van der Waals surface area (Å²) < 4.78 is 17.0. The van der Waals surface area contributed by atoms with Crippen LogP contribution < -0.4 is 16.9 Å². The van der Waals surface area contributed by atoms with Crippen molar-refractivity contribution in [2.45, 2.75) is 77.4 Å². The van der Waals surface area contributed by atoms with Crippen LogP contribution in [0.3, 0.4) is 0 Å². The normalized spacial score (nSPS) is 13.2. The van der Waals surface area contributed by atoms with Crippen molar-refractivity contribution in [1.29, 1.82) is 0 Å². The van der Waals surface area contributed by atoms with E-state index in [1.165, 1.54) is 99.8 Å². The maximum absolute atomic E-state index is 12.7. The van der Waals surface area contributed by atoms with Crippen LogP contribution in [0.2, 0.25) is 0 Å². The van der Waals surface area contributed by atoms with Crippen LogP contribution in [0.15, 0.2) is 441 Å². The number of nitrogens with zero attached hydrogens (tertiary/aromatic N) is 5. The number of pyridine rings is 2. The SMILES string of the molecule is Brc1ccc(-c2nc3ccccc3c3c2Cc2ccccc2-3)cc1.Brc1nc(-c2ccccc2)nc(-c2ccccc2)n1.CC1(C)OB(c2ccc(-c3nc4ccccc4c4c3Cc3ccccc3-4)cc2)OC1(C)C.Nc1ccccc1Br.Nc1ccccc1C1=CCc2ccccc21.O=C(Cc1ccccc1C1=CCc2ccccc21)c1ccc(Br)cc1.O=C(Cl)c1ccc(Br)cc1.OB(O)C1=CCc2ccccc21. The van der Waals surface area contributed by atoms with Gasteiger partial charge in [-0.05, 0) is 280 Å². The van der Waals surface area contributed by atoms with Gasteiger partial charge < -0.3 is 30.8 Å². The van der Waals surface area contributed by atoms with E-state index in [-0.39, 0.29) is 24.1 Å². The second kappa shape index (κ2) is 46.7. The van der Waals surface area contributed by atoms with Gasteiger partial charge in [-0.3, -0.25) is 9.59 Å². The fourth-order valence-corrected chi connectivity index (χ4v) is 20.1. The molecule has 5 aliphatic carbocycles. The molecule has 19 aromatic rings. The van der Waals surface area contributed by atoms with Crippen molar-refractivity contribution in [3.8, 4) is 67.5 Å². The van der Waals surface area contributed by atoms with Crippen molar-refractivity contribution in [3.63, 3.8) is 0 Å². The van der Waals surface area contributed by atoms with Gasteiger partial charge >= 0.3 is 14.2 Å². The first kappa shape index (κ1) is 102. The molecule has 0 saturated carbocycles. The smallest absolute Gasteiger partial charge is 0.423 e. The van der Waals surface area contributed by atoms with E-state index in [0.29, 0.717) is 33.8 Å². The van der Waals surface area contributed by atoms with E-state index in [2.05, 4.69) is 347 Å². The van der Waals surface area contributed by atoms with Crippen LogP contribution in [0.25, 0.3) is 106 Å². The molecule has 6 aliphatic rings. The molecular weight excluding hydrogens is 2150 g/mol. The highest BCUT2D eigenvalue weighted by atomic mass is 79.9. The number of halogens is 6. The molecule has 0 amide bonds. The minimum Gasteiger partial charge on any atom is -0.423 e. The fourth-order valence-electron chi connectivity index (χ4n) is 18.6. The third-order valence-electron chi connectivity index (χ3n) is 26.7. The van der Waals surface area contributed by atoms with Crippen molar-refractivity contribution < 1.29 is 28.9 Å². The fraction of sp³-hybridized carbons (Fsp3) is 0.0960. The number of Topliss-reactive ketones (excluding diaryl/α,β-unsaturated/α-hetero) is 1. The molecular formula is C125H99B2Br5ClN7O6. The first-order chi connectivity index (χ1) is 70.8. The topological polar surface area (TPSA) is 210 Å². The number of hydrogen-bond donors (Lipinski definition) is 4. The number of carbonyl (C=O) groups is 2. The largest absolute Gasteiger partial charge is 0.494 e. The Labute approximate surface area is 898 Å². The Hall–Kier alpha value is -13.8. The second-order valence-corrected chi connectivity index (χ2v) is 41.2. The standard InChI is InChI=1S/C28H26BNO2.C23H17BrO.C22H14BrN.C15H10BrN3.C15H13N.C9H9BO2.C7H4BrClO.C6H6BrN/c1-27(2)28(3,4)32-29(31-27)20-15-13-18(14-16-20)26-23-17-19-9-5-6-10-21(19)25(23)22-11-7-8-12-24(22)30-26;24-19-12-9-17(10-13-19)23(25)15-18-6-2-4-8-21(18)22-14-11-16-5-1-3-7-20(16)22;23-16-11-9-14(10-12-16)22-19-13-15-5-1-2-6-17(15)21(19)18-7-3-4-8-20(18)24-22;16-15-18-13(11-7-3-1-4-8-11)17-14(19-15)12-9-5-2-6-10-12;16-15-8-4-3-7-14(15)13-10-9-11-5-1-2-6-12(11)13;11-10(12)9-6-5-7-3-1-2-4-8(7)9;8-6-3-1-5(2-4-6)7(9)10;7-5-3-1-2-4-6(5)8/h5-16H,17H2,1-4H3;1-10,12-14H,11,15H2;1-12H,13H2;1-10H;1-8,10H,9,16H2;1-4,6,11-12H,5H2;1-4H;1-4H,8H2. The maximum atomic E-state index is 12.7. The van der Waals surface area contributed by atoms with Gasteiger partial charge in [-0.15, -0.1) is 0 Å². The van der Waals surface area contributed by atoms with E-state index in [1.807, 2.05) is 170 Å². The predicted octanol–water partition coefficient (Wildman–Crippen LogP) is 30.6. The molecule has 0 radical (unpaired) electrons. The molecule has 718 valence electrons. The van der Waals surface area contributed by atoms with Gasteiger partial charge in [0.25, 0.3) is 5.24 Å². The molecule has 0 bridgehead atoms. The van der Waals surface area contributed by atoms with Crippen molar-refractivity contribution in [3.05, 3.63) is 525 Å². The van der Waals surface area contributed by atoms with Crippen LogP contribution in [0.4, 0.5) is 11.4 Å². The van der Waals surface area contributed by atoms with E-state index >= 15 is 0 Å². The number of carbonyl (C=O) groups excluding carboxylic acids is 2. The van der Waals surface area contributed by atoms with Gasteiger partial charge in [-0.25, -0.2) is 24.9 Å². The van der Waals surface area contributed by atoms with Gasteiger partial charge in [0, 0.05) is 98.2 Å². The molecule has 1 saturated heterocycles. The zero-order valence-electron chi connectivity index (χ0n) is 80.4. The number of nitrogen functional groups attached to an aromatic ring is 2. The Balaban J connectivity index is 0.000000113. The van der Waals surface area contributed by atoms with E-state index in [0.717, 1.165) is 134 Å². The predicted molar refractivity (Wildman–Crippen MR) is 618 cm³/mol. The highest BCUT2D eigenvalue weighted by molar-refractivity contribution is 9.11. The molecule has 146 heavy (non-hydrogen) atoms. The second-order valence-electron chi connectivity index (χ2n) is 36.5. The summed E-state index contributed by atoms with van der Waals surface area (Å²) in [5, 5.41) is 20.0. The summed E-state index contributed by atoms with van der Waals surface area (Å²) in [7, 11) is -1.69. The summed E-state index contributed by atoms with van der Waals surface area (Å²) in [6.45, 7) is 8.34. The Morgan fingerprint density at radius 1 is 0.363 bits per heavy atom. The van der Waals surface area contributed by atoms with Crippen LogP contribution >= 0.6 is 91.3 Å². The molecule has 13 nitrogen and oxygen atoms in total. The number of benzene rings is 16. The number of allylic oxidation sites excluding steroid dienone is 3. The number of ketones is 1. The first-order valence-corrected chi connectivity index (χ1v) is 52.3. The van der Waals surface area contributed by atoms with Gasteiger partial charge in [0.15, 0.2) is 17.4 Å². The van der Waals surface area contributed by atoms with E-state index < -0.39 is 12.4 Å². The van der Waals surface area contributed by atoms with Crippen LogP contribution in [-0.2, 0) is 47.8 Å². The zero-order valence-corrected chi connectivity index (χ0v) is 89.1. The minimum absolute atomic E-state index is 0.145. The third kappa shape index (κ3) is 23.8. The van der Waals surface area contributed by atoms with Crippen molar-refractivity contribution in [2.75, 3.05) is 11.5 Å². The van der Waals surface area contributed by atoms with Crippen LogP contribution in [0.1, 0.15) is 121 Å². The average molecular weight is 2250 g/mol. The molecule has 0 atom stereocenters.